The van der Waals surface area contributed by atoms with Gasteiger partial charge >= 0.3 is 0 Å². The Labute approximate surface area is 130 Å². The van der Waals surface area contributed by atoms with Gasteiger partial charge in [0, 0.05) is 24.6 Å². The molecule has 0 saturated heterocycles. The van der Waals surface area contributed by atoms with Gasteiger partial charge in [0.05, 0.1) is 19.9 Å². The highest BCUT2D eigenvalue weighted by Gasteiger charge is 2.14. The number of pyridine rings is 1. The van der Waals surface area contributed by atoms with Crippen molar-refractivity contribution in [2.75, 3.05) is 20.8 Å². The average molecular weight is 300 g/mol. The lowest BCUT2D eigenvalue weighted by atomic mass is 10.0. The van der Waals surface area contributed by atoms with Crippen molar-refractivity contribution in [2.24, 2.45) is 5.73 Å². The number of benzene rings is 1. The second-order valence-electron chi connectivity index (χ2n) is 4.83. The maximum absolute atomic E-state index is 12.5. The Hall–Kier alpha value is -2.40. The Bertz CT molecular complexity index is 656. The number of hydrogen-bond donors (Lipinski definition) is 1. The molecule has 0 amide bonds. The van der Waals surface area contributed by atoms with Crippen LogP contribution in [-0.2, 0) is 12.8 Å². The zero-order valence-electron chi connectivity index (χ0n) is 12.8. The summed E-state index contributed by atoms with van der Waals surface area (Å²) in [5.74, 6) is 1.27. The van der Waals surface area contributed by atoms with Crippen molar-refractivity contribution in [1.29, 1.82) is 0 Å². The van der Waals surface area contributed by atoms with E-state index >= 15 is 0 Å². The van der Waals surface area contributed by atoms with Crippen LogP contribution in [0.15, 0.2) is 36.5 Å². The summed E-state index contributed by atoms with van der Waals surface area (Å²) in [6.07, 6.45) is 2.55. The first kappa shape index (κ1) is 16.0. The monoisotopic (exact) mass is 300 g/mol. The first-order chi connectivity index (χ1) is 10.7. The quantitative estimate of drug-likeness (QED) is 0.792. The van der Waals surface area contributed by atoms with Gasteiger partial charge in [0.15, 0.2) is 17.3 Å². The third-order valence-electron chi connectivity index (χ3n) is 3.38. The average Bonchev–Trinajstić information content (AvgIpc) is 2.55. The van der Waals surface area contributed by atoms with E-state index in [0.717, 1.165) is 11.3 Å². The van der Waals surface area contributed by atoms with Crippen LogP contribution in [0.1, 0.15) is 21.6 Å². The number of ether oxygens (including phenoxy) is 2. The number of carbonyl (C=O) groups excluding carboxylic acids is 1. The Kier molecular flexibility index (Phi) is 5.49. The molecule has 0 spiro atoms. The molecule has 116 valence electrons. The number of ketones is 1. The molecule has 0 radical (unpaired) electrons. The van der Waals surface area contributed by atoms with Gasteiger partial charge in [0.2, 0.25) is 0 Å². The Morgan fingerprint density at radius 1 is 1.18 bits per heavy atom. The predicted molar refractivity (Wildman–Crippen MR) is 84.6 cm³/mol. The summed E-state index contributed by atoms with van der Waals surface area (Å²) in [6, 6.07) is 9.03. The van der Waals surface area contributed by atoms with Crippen molar-refractivity contribution in [2.45, 2.75) is 12.8 Å². The van der Waals surface area contributed by atoms with Crippen LogP contribution in [0.5, 0.6) is 11.5 Å². The van der Waals surface area contributed by atoms with E-state index in [0.29, 0.717) is 30.0 Å². The normalized spacial score (nSPS) is 10.3. The van der Waals surface area contributed by atoms with Gasteiger partial charge in [-0.15, -0.1) is 0 Å². The number of rotatable bonds is 7. The van der Waals surface area contributed by atoms with E-state index in [-0.39, 0.29) is 12.2 Å². The summed E-state index contributed by atoms with van der Waals surface area (Å²) < 4.78 is 10.5. The smallest absolute Gasteiger partial charge is 0.169 e. The molecular formula is C17H20N2O3. The van der Waals surface area contributed by atoms with Crippen molar-refractivity contribution >= 4 is 5.78 Å². The van der Waals surface area contributed by atoms with Gasteiger partial charge < -0.3 is 15.2 Å². The molecule has 1 aromatic heterocycles. The second-order valence-corrected chi connectivity index (χ2v) is 4.83. The summed E-state index contributed by atoms with van der Waals surface area (Å²) in [4.78, 5) is 16.8. The molecule has 2 N–H and O–H groups in total. The zero-order valence-corrected chi connectivity index (χ0v) is 12.8. The molecule has 0 aliphatic heterocycles. The fourth-order valence-corrected chi connectivity index (χ4v) is 2.30. The van der Waals surface area contributed by atoms with E-state index in [1.54, 1.807) is 38.6 Å². The van der Waals surface area contributed by atoms with E-state index in [1.807, 2.05) is 12.1 Å². The van der Waals surface area contributed by atoms with Crippen LogP contribution >= 0.6 is 0 Å². The number of aromatic nitrogens is 1. The molecule has 0 unspecified atom stereocenters. The van der Waals surface area contributed by atoms with Gasteiger partial charge in [-0.3, -0.25) is 9.78 Å². The molecule has 5 heteroatoms. The van der Waals surface area contributed by atoms with Crippen LogP contribution in [0.2, 0.25) is 0 Å². The second kappa shape index (κ2) is 7.56. The number of carbonyl (C=O) groups is 1. The third kappa shape index (κ3) is 3.62. The van der Waals surface area contributed by atoms with E-state index in [1.165, 1.54) is 0 Å². The lowest BCUT2D eigenvalue weighted by molar-refractivity contribution is 0.0991. The molecule has 0 aliphatic carbocycles. The minimum Gasteiger partial charge on any atom is -0.493 e. The van der Waals surface area contributed by atoms with Gasteiger partial charge in [-0.05, 0) is 36.4 Å². The van der Waals surface area contributed by atoms with E-state index < -0.39 is 0 Å². The summed E-state index contributed by atoms with van der Waals surface area (Å²) in [6.45, 7) is 0.466. The van der Waals surface area contributed by atoms with Crippen molar-refractivity contribution in [3.05, 3.63) is 53.3 Å². The zero-order chi connectivity index (χ0) is 15.9. The van der Waals surface area contributed by atoms with Crippen LogP contribution in [0.4, 0.5) is 0 Å². The molecule has 1 aromatic carbocycles. The molecule has 0 aliphatic rings. The summed E-state index contributed by atoms with van der Waals surface area (Å²) >= 11 is 0. The van der Waals surface area contributed by atoms with Crippen molar-refractivity contribution in [1.82, 2.24) is 4.98 Å². The predicted octanol–water partition coefficient (Wildman–Crippen LogP) is 2.03. The van der Waals surface area contributed by atoms with Crippen LogP contribution in [0, 0.1) is 0 Å². The molecule has 0 saturated carbocycles. The highest BCUT2D eigenvalue weighted by molar-refractivity contribution is 5.98. The Morgan fingerprint density at radius 3 is 2.64 bits per heavy atom. The van der Waals surface area contributed by atoms with Crippen LogP contribution in [0.25, 0.3) is 0 Å². The van der Waals surface area contributed by atoms with Gasteiger partial charge in [0.25, 0.3) is 0 Å². The summed E-state index contributed by atoms with van der Waals surface area (Å²) in [5.41, 5.74) is 7.81. The molecule has 5 nitrogen and oxygen atoms in total. The molecule has 1 heterocycles. The minimum absolute atomic E-state index is 0.0174. The summed E-state index contributed by atoms with van der Waals surface area (Å²) in [5, 5.41) is 0. The van der Waals surface area contributed by atoms with Crippen LogP contribution in [0.3, 0.4) is 0 Å². The summed E-state index contributed by atoms with van der Waals surface area (Å²) in [7, 11) is 3.15. The molecule has 0 bridgehead atoms. The Morgan fingerprint density at radius 2 is 1.95 bits per heavy atom. The molecule has 0 atom stereocenters. The fourth-order valence-electron chi connectivity index (χ4n) is 2.30. The topological polar surface area (TPSA) is 74.4 Å². The lowest BCUT2D eigenvalue weighted by Gasteiger charge is -2.10. The highest BCUT2D eigenvalue weighted by atomic mass is 16.5. The molecule has 22 heavy (non-hydrogen) atoms. The number of methoxy groups -OCH3 is 2. The van der Waals surface area contributed by atoms with Crippen LogP contribution < -0.4 is 15.2 Å². The molecule has 2 aromatic rings. The Balaban J connectivity index is 2.22. The number of nitrogens with zero attached hydrogens (tertiary/aromatic N) is 1. The van der Waals surface area contributed by atoms with E-state index in [2.05, 4.69) is 4.98 Å². The first-order valence-corrected chi connectivity index (χ1v) is 7.07. The van der Waals surface area contributed by atoms with Crippen molar-refractivity contribution in [3.8, 4) is 11.5 Å². The molecular weight excluding hydrogens is 280 g/mol. The van der Waals surface area contributed by atoms with Crippen molar-refractivity contribution in [3.63, 3.8) is 0 Å². The van der Waals surface area contributed by atoms with Gasteiger partial charge in [-0.1, -0.05) is 6.07 Å². The van der Waals surface area contributed by atoms with Gasteiger partial charge in [-0.25, -0.2) is 0 Å². The van der Waals surface area contributed by atoms with E-state index in [9.17, 15) is 4.79 Å². The molecule has 2 rings (SSSR count). The number of Topliss-reactive ketones (excluding diaryl/α,β-unsaturated/α-hetero) is 1. The van der Waals surface area contributed by atoms with Gasteiger partial charge in [-0.2, -0.15) is 0 Å². The largest absolute Gasteiger partial charge is 0.493 e. The highest BCUT2D eigenvalue weighted by Crippen LogP contribution is 2.28. The van der Waals surface area contributed by atoms with Crippen LogP contribution in [-0.4, -0.2) is 31.5 Å². The number of nitrogens with two attached hydrogens (primary N) is 1. The first-order valence-electron chi connectivity index (χ1n) is 7.07. The SMILES string of the molecule is COc1ccc(CC(=O)c2cccnc2CCN)cc1OC. The fraction of sp³-hybridized carbons (Fsp3) is 0.294. The van der Waals surface area contributed by atoms with E-state index in [4.69, 9.17) is 15.2 Å². The maximum atomic E-state index is 12.5. The third-order valence-corrected chi connectivity index (χ3v) is 3.38. The minimum atomic E-state index is 0.0174. The standard InChI is InChI=1S/C17H20N2O3/c1-21-16-6-5-12(11-17(16)22-2)10-15(20)13-4-3-9-19-14(13)7-8-18/h3-6,9,11H,7-8,10,18H2,1-2H3. The molecule has 0 fully saturated rings. The van der Waals surface area contributed by atoms with Crippen molar-refractivity contribution < 1.29 is 14.3 Å². The van der Waals surface area contributed by atoms with Gasteiger partial charge in [0.1, 0.15) is 0 Å². The number of hydrogen-bond acceptors (Lipinski definition) is 5. The lowest BCUT2D eigenvalue weighted by Crippen LogP contribution is -2.12. The maximum Gasteiger partial charge on any atom is 0.169 e.